The van der Waals surface area contributed by atoms with Crippen LogP contribution in [0.4, 0.5) is 0 Å². The van der Waals surface area contributed by atoms with E-state index in [1.54, 1.807) is 11.8 Å². The van der Waals surface area contributed by atoms with E-state index < -0.39 is 0 Å². The Kier molecular flexibility index (Phi) is 2.14. The Hall–Kier alpha value is -1.49. The minimum Gasteiger partial charge on any atom is -0.342 e. The lowest BCUT2D eigenvalue weighted by Gasteiger charge is -1.88. The van der Waals surface area contributed by atoms with Crippen LogP contribution in [0.15, 0.2) is 17.3 Å². The van der Waals surface area contributed by atoms with Crippen molar-refractivity contribution in [3.05, 3.63) is 18.0 Å². The molecular formula is C11H12N4S. The van der Waals surface area contributed by atoms with Gasteiger partial charge in [0, 0.05) is 0 Å². The number of thioether (sulfide) groups is 1. The Morgan fingerprint density at radius 1 is 1.12 bits per heavy atom. The van der Waals surface area contributed by atoms with E-state index in [0.717, 1.165) is 38.8 Å². The van der Waals surface area contributed by atoms with E-state index in [1.165, 1.54) is 0 Å². The summed E-state index contributed by atoms with van der Waals surface area (Å²) in [5.74, 6) is 1.96. The molecule has 0 saturated heterocycles. The third-order valence-electron chi connectivity index (χ3n) is 2.46. The molecule has 0 radical (unpaired) electrons. The van der Waals surface area contributed by atoms with Crippen LogP contribution in [0.25, 0.3) is 22.1 Å². The number of imidazole rings is 2. The zero-order chi connectivity index (χ0) is 11.1. The Labute approximate surface area is 96.9 Å². The minimum absolute atomic E-state index is 0.936. The van der Waals surface area contributed by atoms with Crippen LogP contribution in [0.1, 0.15) is 12.7 Å². The number of hydrogen-bond donors (Lipinski definition) is 2. The summed E-state index contributed by atoms with van der Waals surface area (Å²) in [5.41, 5.74) is 4.08. The van der Waals surface area contributed by atoms with Crippen molar-refractivity contribution in [3.8, 4) is 0 Å². The van der Waals surface area contributed by atoms with Crippen molar-refractivity contribution in [1.82, 2.24) is 19.9 Å². The zero-order valence-corrected chi connectivity index (χ0v) is 9.98. The number of hydrogen-bond acceptors (Lipinski definition) is 3. The number of aromatic amines is 2. The maximum Gasteiger partial charge on any atom is 0.166 e. The van der Waals surface area contributed by atoms with Crippen molar-refractivity contribution in [1.29, 1.82) is 0 Å². The number of nitrogens with zero attached hydrogens (tertiary/aromatic N) is 2. The highest BCUT2D eigenvalue weighted by Crippen LogP contribution is 2.23. The largest absolute Gasteiger partial charge is 0.342 e. The smallest absolute Gasteiger partial charge is 0.166 e. The molecule has 0 fully saturated rings. The van der Waals surface area contributed by atoms with Gasteiger partial charge >= 0.3 is 0 Å². The second kappa shape index (κ2) is 3.52. The van der Waals surface area contributed by atoms with Gasteiger partial charge in [0.1, 0.15) is 5.82 Å². The standard InChI is InChI=1S/C11H12N4S/c1-3-16-11-14-9-4-7-8(5-10(9)15-11)13-6(2)12-7/h4-5H,3H2,1-2H3,(H,12,13)(H,14,15). The molecule has 16 heavy (non-hydrogen) atoms. The molecule has 0 aliphatic carbocycles. The number of rotatable bonds is 2. The van der Waals surface area contributed by atoms with Crippen LogP contribution in [-0.4, -0.2) is 25.7 Å². The maximum absolute atomic E-state index is 4.52. The lowest BCUT2D eigenvalue weighted by atomic mass is 10.3. The van der Waals surface area contributed by atoms with Gasteiger partial charge in [0.25, 0.3) is 0 Å². The third kappa shape index (κ3) is 1.48. The van der Waals surface area contributed by atoms with Gasteiger partial charge in [-0.2, -0.15) is 0 Å². The molecule has 0 saturated carbocycles. The van der Waals surface area contributed by atoms with E-state index in [2.05, 4.69) is 32.9 Å². The Morgan fingerprint density at radius 2 is 1.88 bits per heavy atom. The molecule has 0 amide bonds. The molecule has 0 aliphatic heterocycles. The average molecular weight is 232 g/mol. The molecule has 3 rings (SSSR count). The normalized spacial score (nSPS) is 11.6. The monoisotopic (exact) mass is 232 g/mol. The van der Waals surface area contributed by atoms with Crippen LogP contribution in [0, 0.1) is 6.92 Å². The molecule has 0 spiro atoms. The molecule has 82 valence electrons. The topological polar surface area (TPSA) is 57.4 Å². The number of H-pyrrole nitrogens is 2. The van der Waals surface area contributed by atoms with Crippen LogP contribution in [0.2, 0.25) is 0 Å². The lowest BCUT2D eigenvalue weighted by Crippen LogP contribution is -1.73. The summed E-state index contributed by atoms with van der Waals surface area (Å²) >= 11 is 1.72. The summed E-state index contributed by atoms with van der Waals surface area (Å²) in [6.07, 6.45) is 0. The van der Waals surface area contributed by atoms with Crippen molar-refractivity contribution in [2.45, 2.75) is 19.0 Å². The first-order valence-electron chi connectivity index (χ1n) is 5.25. The quantitative estimate of drug-likeness (QED) is 0.668. The highest BCUT2D eigenvalue weighted by molar-refractivity contribution is 7.99. The first-order chi connectivity index (χ1) is 7.76. The van der Waals surface area contributed by atoms with Crippen molar-refractivity contribution in [2.24, 2.45) is 0 Å². The molecule has 2 aromatic heterocycles. The van der Waals surface area contributed by atoms with Gasteiger partial charge in [-0.1, -0.05) is 18.7 Å². The molecular weight excluding hydrogens is 220 g/mol. The van der Waals surface area contributed by atoms with E-state index in [-0.39, 0.29) is 0 Å². The van der Waals surface area contributed by atoms with Crippen LogP contribution in [0.3, 0.4) is 0 Å². The predicted molar refractivity (Wildman–Crippen MR) is 66.9 cm³/mol. The molecule has 2 N–H and O–H groups in total. The number of fused-ring (bicyclic) bond motifs is 2. The summed E-state index contributed by atoms with van der Waals surface area (Å²) in [7, 11) is 0. The van der Waals surface area contributed by atoms with Gasteiger partial charge < -0.3 is 9.97 Å². The average Bonchev–Trinajstić information content (AvgIpc) is 2.75. The summed E-state index contributed by atoms with van der Waals surface area (Å²) < 4.78 is 0. The van der Waals surface area contributed by atoms with Gasteiger partial charge in [0.2, 0.25) is 0 Å². The van der Waals surface area contributed by atoms with Crippen molar-refractivity contribution >= 4 is 33.8 Å². The van der Waals surface area contributed by atoms with Gasteiger partial charge in [0.15, 0.2) is 5.16 Å². The predicted octanol–water partition coefficient (Wildman–Crippen LogP) is 2.86. The van der Waals surface area contributed by atoms with E-state index in [9.17, 15) is 0 Å². The Balaban J connectivity index is 2.23. The number of nitrogens with one attached hydrogen (secondary N) is 2. The van der Waals surface area contributed by atoms with Gasteiger partial charge in [-0.25, -0.2) is 9.97 Å². The SMILES string of the molecule is CCSc1nc2cc3nc(C)[nH]c3cc2[nH]1. The molecule has 4 nitrogen and oxygen atoms in total. The molecule has 3 aromatic rings. The van der Waals surface area contributed by atoms with Crippen molar-refractivity contribution in [2.75, 3.05) is 5.75 Å². The molecule has 0 unspecified atom stereocenters. The first-order valence-corrected chi connectivity index (χ1v) is 6.23. The summed E-state index contributed by atoms with van der Waals surface area (Å²) in [6, 6.07) is 4.09. The summed E-state index contributed by atoms with van der Waals surface area (Å²) in [6.45, 7) is 4.08. The Bertz CT molecular complexity index is 601. The molecule has 0 bridgehead atoms. The van der Waals surface area contributed by atoms with Crippen LogP contribution >= 0.6 is 11.8 Å². The highest BCUT2D eigenvalue weighted by Gasteiger charge is 2.06. The van der Waals surface area contributed by atoms with Crippen LogP contribution in [-0.2, 0) is 0 Å². The fourth-order valence-corrected chi connectivity index (χ4v) is 2.44. The van der Waals surface area contributed by atoms with E-state index >= 15 is 0 Å². The van der Waals surface area contributed by atoms with Gasteiger partial charge in [0.05, 0.1) is 22.1 Å². The summed E-state index contributed by atoms with van der Waals surface area (Å²) in [5, 5.41) is 0.974. The van der Waals surface area contributed by atoms with Crippen molar-refractivity contribution in [3.63, 3.8) is 0 Å². The fraction of sp³-hybridized carbons (Fsp3) is 0.273. The maximum atomic E-state index is 4.52. The third-order valence-corrected chi connectivity index (χ3v) is 3.22. The van der Waals surface area contributed by atoms with Crippen LogP contribution in [0.5, 0.6) is 0 Å². The zero-order valence-electron chi connectivity index (χ0n) is 9.16. The van der Waals surface area contributed by atoms with E-state index in [4.69, 9.17) is 0 Å². The van der Waals surface area contributed by atoms with E-state index in [0.29, 0.717) is 0 Å². The van der Waals surface area contributed by atoms with E-state index in [1.807, 2.05) is 13.0 Å². The molecule has 0 aliphatic rings. The number of aryl methyl sites for hydroxylation is 1. The molecule has 5 heteroatoms. The number of benzene rings is 1. The molecule has 2 heterocycles. The highest BCUT2D eigenvalue weighted by atomic mass is 32.2. The van der Waals surface area contributed by atoms with Crippen molar-refractivity contribution < 1.29 is 0 Å². The molecule has 1 aromatic carbocycles. The number of aromatic nitrogens is 4. The second-order valence-electron chi connectivity index (χ2n) is 3.68. The van der Waals surface area contributed by atoms with Gasteiger partial charge in [-0.15, -0.1) is 0 Å². The first kappa shape index (κ1) is 9.72. The van der Waals surface area contributed by atoms with Gasteiger partial charge in [-0.3, -0.25) is 0 Å². The second-order valence-corrected chi connectivity index (χ2v) is 4.94. The fourth-order valence-electron chi connectivity index (χ4n) is 1.82. The summed E-state index contributed by atoms with van der Waals surface area (Å²) in [4.78, 5) is 15.4. The van der Waals surface area contributed by atoms with Crippen LogP contribution < -0.4 is 0 Å². The Morgan fingerprint density at radius 3 is 2.69 bits per heavy atom. The lowest BCUT2D eigenvalue weighted by molar-refractivity contribution is 1.08. The van der Waals surface area contributed by atoms with Gasteiger partial charge in [-0.05, 0) is 24.8 Å². The minimum atomic E-state index is 0.936. The molecule has 0 atom stereocenters.